The molecule has 0 aliphatic carbocycles. The molecule has 3 aromatic rings. The zero-order valence-electron chi connectivity index (χ0n) is 14.9. The Kier molecular flexibility index (Phi) is 4.00. The SMILES string of the molecule is O=C1CC(N2CCc3c([nH]c4ccc(Cl)cc34)C2)C(=O)N1c1ccccc1F. The van der Waals surface area contributed by atoms with E-state index < -0.39 is 11.9 Å². The molecule has 142 valence electrons. The van der Waals surface area contributed by atoms with Crippen molar-refractivity contribution in [2.45, 2.75) is 25.4 Å². The molecule has 0 radical (unpaired) electrons. The second-order valence-corrected chi connectivity index (χ2v) is 7.67. The molecule has 7 heteroatoms. The van der Waals surface area contributed by atoms with Crippen molar-refractivity contribution in [1.29, 1.82) is 0 Å². The van der Waals surface area contributed by atoms with E-state index in [-0.39, 0.29) is 23.9 Å². The van der Waals surface area contributed by atoms with Crippen LogP contribution in [0.4, 0.5) is 10.1 Å². The molecule has 1 saturated heterocycles. The molecular formula is C21H17ClFN3O2. The summed E-state index contributed by atoms with van der Waals surface area (Å²) < 4.78 is 14.1. The first-order chi connectivity index (χ1) is 13.5. The number of imide groups is 1. The summed E-state index contributed by atoms with van der Waals surface area (Å²) in [7, 11) is 0. The van der Waals surface area contributed by atoms with Crippen LogP contribution in [-0.4, -0.2) is 34.3 Å². The lowest BCUT2D eigenvalue weighted by Gasteiger charge is -2.30. The summed E-state index contributed by atoms with van der Waals surface area (Å²) in [6, 6.07) is 11.0. The van der Waals surface area contributed by atoms with Gasteiger partial charge in [0.1, 0.15) is 5.82 Å². The number of hydrogen-bond donors (Lipinski definition) is 1. The predicted octanol–water partition coefficient (Wildman–Crippen LogP) is 3.65. The fraction of sp³-hybridized carbons (Fsp3) is 0.238. The predicted molar refractivity (Wildman–Crippen MR) is 105 cm³/mol. The average Bonchev–Trinajstić information content (AvgIpc) is 3.18. The van der Waals surface area contributed by atoms with Gasteiger partial charge in [0.05, 0.1) is 18.2 Å². The van der Waals surface area contributed by atoms with Crippen molar-refractivity contribution in [2.24, 2.45) is 0 Å². The highest BCUT2D eigenvalue weighted by Gasteiger charge is 2.44. The minimum absolute atomic E-state index is 0.0259. The zero-order chi connectivity index (χ0) is 19.4. The summed E-state index contributed by atoms with van der Waals surface area (Å²) in [6.45, 7) is 1.19. The third-order valence-electron chi connectivity index (χ3n) is 5.62. The number of halogens is 2. The van der Waals surface area contributed by atoms with Gasteiger partial charge >= 0.3 is 0 Å². The highest BCUT2D eigenvalue weighted by molar-refractivity contribution is 6.31. The number of carbonyl (C=O) groups excluding carboxylic acids is 2. The van der Waals surface area contributed by atoms with Gasteiger partial charge in [-0.2, -0.15) is 0 Å². The van der Waals surface area contributed by atoms with Crippen LogP contribution >= 0.6 is 11.6 Å². The smallest absolute Gasteiger partial charge is 0.251 e. The topological polar surface area (TPSA) is 56.4 Å². The van der Waals surface area contributed by atoms with E-state index in [1.807, 2.05) is 23.1 Å². The Morgan fingerprint density at radius 2 is 1.96 bits per heavy atom. The van der Waals surface area contributed by atoms with Crippen LogP contribution in [0.3, 0.4) is 0 Å². The number of anilines is 1. The first-order valence-electron chi connectivity index (χ1n) is 9.17. The highest BCUT2D eigenvalue weighted by atomic mass is 35.5. The van der Waals surface area contributed by atoms with Crippen LogP contribution in [-0.2, 0) is 22.6 Å². The van der Waals surface area contributed by atoms with Crippen molar-refractivity contribution >= 4 is 40.0 Å². The zero-order valence-corrected chi connectivity index (χ0v) is 15.7. The van der Waals surface area contributed by atoms with Crippen molar-refractivity contribution in [3.05, 3.63) is 64.6 Å². The van der Waals surface area contributed by atoms with Gasteiger partial charge in [0.2, 0.25) is 5.91 Å². The fourth-order valence-corrected chi connectivity index (χ4v) is 4.46. The van der Waals surface area contributed by atoms with Crippen LogP contribution < -0.4 is 4.90 Å². The number of nitrogens with one attached hydrogen (secondary N) is 1. The van der Waals surface area contributed by atoms with Crippen molar-refractivity contribution < 1.29 is 14.0 Å². The minimum Gasteiger partial charge on any atom is -0.357 e. The van der Waals surface area contributed by atoms with Crippen LogP contribution in [0.5, 0.6) is 0 Å². The van der Waals surface area contributed by atoms with E-state index in [9.17, 15) is 14.0 Å². The molecule has 0 saturated carbocycles. The Balaban J connectivity index is 1.44. The number of aromatic nitrogens is 1. The van der Waals surface area contributed by atoms with Gasteiger partial charge in [-0.15, -0.1) is 0 Å². The van der Waals surface area contributed by atoms with E-state index in [1.165, 1.54) is 23.8 Å². The molecule has 2 aliphatic rings. The Morgan fingerprint density at radius 1 is 1.14 bits per heavy atom. The first kappa shape index (κ1) is 17.4. The van der Waals surface area contributed by atoms with E-state index in [1.54, 1.807) is 6.07 Å². The van der Waals surface area contributed by atoms with Gasteiger partial charge in [-0.1, -0.05) is 23.7 Å². The van der Waals surface area contributed by atoms with Gasteiger partial charge in [-0.05, 0) is 42.3 Å². The summed E-state index contributed by atoms with van der Waals surface area (Å²) in [4.78, 5) is 31.9. The molecule has 5 rings (SSSR count). The Labute approximate surface area is 165 Å². The maximum atomic E-state index is 14.1. The van der Waals surface area contributed by atoms with Gasteiger partial charge in [0, 0.05) is 34.7 Å². The average molecular weight is 398 g/mol. The summed E-state index contributed by atoms with van der Waals surface area (Å²) in [6.07, 6.45) is 0.821. The van der Waals surface area contributed by atoms with E-state index >= 15 is 0 Å². The van der Waals surface area contributed by atoms with Crippen molar-refractivity contribution in [2.75, 3.05) is 11.4 Å². The molecule has 1 atom stereocenters. The lowest BCUT2D eigenvalue weighted by molar-refractivity contribution is -0.123. The van der Waals surface area contributed by atoms with Crippen LogP contribution in [0.25, 0.3) is 10.9 Å². The van der Waals surface area contributed by atoms with Gasteiger partial charge in [0.15, 0.2) is 0 Å². The molecule has 0 bridgehead atoms. The second-order valence-electron chi connectivity index (χ2n) is 7.23. The molecule has 5 nitrogen and oxygen atoms in total. The maximum Gasteiger partial charge on any atom is 0.251 e. The monoisotopic (exact) mass is 397 g/mol. The molecule has 28 heavy (non-hydrogen) atoms. The van der Waals surface area contributed by atoms with Crippen LogP contribution in [0.1, 0.15) is 17.7 Å². The van der Waals surface area contributed by atoms with Crippen LogP contribution in [0.2, 0.25) is 5.02 Å². The molecule has 1 aromatic heterocycles. The summed E-state index contributed by atoms with van der Waals surface area (Å²) in [5, 5.41) is 1.79. The number of benzene rings is 2. The normalized spacial score (nSPS) is 20.2. The quantitative estimate of drug-likeness (QED) is 0.671. The molecule has 2 aliphatic heterocycles. The number of aromatic amines is 1. The number of amides is 2. The minimum atomic E-state index is -0.574. The van der Waals surface area contributed by atoms with E-state index in [0.29, 0.717) is 18.1 Å². The van der Waals surface area contributed by atoms with Crippen molar-refractivity contribution in [3.63, 3.8) is 0 Å². The summed E-state index contributed by atoms with van der Waals surface area (Å²) >= 11 is 6.13. The molecule has 0 spiro atoms. The van der Waals surface area contributed by atoms with Gasteiger partial charge < -0.3 is 4.98 Å². The molecule has 1 fully saturated rings. The number of carbonyl (C=O) groups is 2. The van der Waals surface area contributed by atoms with E-state index in [0.717, 1.165) is 27.9 Å². The van der Waals surface area contributed by atoms with Crippen molar-refractivity contribution in [3.8, 4) is 0 Å². The number of nitrogens with zero attached hydrogens (tertiary/aromatic N) is 2. The second kappa shape index (κ2) is 6.43. The number of H-pyrrole nitrogens is 1. The lowest BCUT2D eigenvalue weighted by Crippen LogP contribution is -2.44. The number of fused-ring (bicyclic) bond motifs is 3. The van der Waals surface area contributed by atoms with E-state index in [2.05, 4.69) is 4.98 Å². The molecule has 1 N–H and O–H groups in total. The summed E-state index contributed by atoms with van der Waals surface area (Å²) in [5.41, 5.74) is 3.28. The molecule has 2 aromatic carbocycles. The number of rotatable bonds is 2. The molecular weight excluding hydrogens is 381 g/mol. The van der Waals surface area contributed by atoms with Gasteiger partial charge in [-0.25, -0.2) is 9.29 Å². The number of para-hydroxylation sites is 1. The van der Waals surface area contributed by atoms with Gasteiger partial charge in [0.25, 0.3) is 5.91 Å². The van der Waals surface area contributed by atoms with Crippen LogP contribution in [0, 0.1) is 5.82 Å². The Hall–Kier alpha value is -2.70. The van der Waals surface area contributed by atoms with Crippen molar-refractivity contribution in [1.82, 2.24) is 9.88 Å². The summed E-state index contributed by atoms with van der Waals surface area (Å²) in [5.74, 6) is -1.30. The third-order valence-corrected chi connectivity index (χ3v) is 5.86. The van der Waals surface area contributed by atoms with E-state index in [4.69, 9.17) is 11.6 Å². The molecule has 2 amide bonds. The highest BCUT2D eigenvalue weighted by Crippen LogP contribution is 2.33. The Bertz CT molecular complexity index is 1130. The lowest BCUT2D eigenvalue weighted by atomic mass is 10.0. The maximum absolute atomic E-state index is 14.1. The largest absolute Gasteiger partial charge is 0.357 e. The molecule has 3 heterocycles. The molecule has 1 unspecified atom stereocenters. The third kappa shape index (κ3) is 2.64. The van der Waals surface area contributed by atoms with Gasteiger partial charge in [-0.3, -0.25) is 14.5 Å². The fourth-order valence-electron chi connectivity index (χ4n) is 4.29. The van der Waals surface area contributed by atoms with Crippen LogP contribution in [0.15, 0.2) is 42.5 Å². The standard InChI is InChI=1S/C21H17ClFN3O2/c22-12-5-6-16-14(9-12)13-7-8-25(11-17(13)24-16)19-10-20(27)26(21(19)28)18-4-2-1-3-15(18)23/h1-6,9,19,24H,7-8,10-11H2. The first-order valence-corrected chi connectivity index (χ1v) is 9.55. The Morgan fingerprint density at radius 3 is 2.79 bits per heavy atom. The number of hydrogen-bond acceptors (Lipinski definition) is 3.